The highest BCUT2D eigenvalue weighted by Crippen LogP contribution is 2.39. The molecule has 0 aliphatic carbocycles. The molecule has 4 rings (SSSR count). The Hall–Kier alpha value is -3.39. The van der Waals surface area contributed by atoms with Gasteiger partial charge in [0.05, 0.1) is 29.0 Å². The highest BCUT2D eigenvalue weighted by atomic mass is 19.4. The SMILES string of the molecule is CC(c1ccc(F)cc1C(F)(F)F)N1C[C@H](C)N(c2cc(=O)n(C)c3cn(CC#N)nc23)C[C@H]1C. The van der Waals surface area contributed by atoms with E-state index < -0.39 is 23.6 Å². The second-order valence-electron chi connectivity index (χ2n) is 9.10. The first-order chi connectivity index (χ1) is 16.4. The minimum Gasteiger partial charge on any atom is -0.364 e. The zero-order valence-corrected chi connectivity index (χ0v) is 19.8. The minimum absolute atomic E-state index is 0.0256. The molecule has 0 bridgehead atoms. The quantitative estimate of drug-likeness (QED) is 0.516. The molecule has 1 saturated heterocycles. The molecular weight excluding hydrogens is 464 g/mol. The highest BCUT2D eigenvalue weighted by molar-refractivity contribution is 5.88. The fourth-order valence-electron chi connectivity index (χ4n) is 4.96. The summed E-state index contributed by atoms with van der Waals surface area (Å²) in [5.74, 6) is -0.926. The van der Waals surface area contributed by atoms with Crippen LogP contribution in [0.5, 0.6) is 0 Å². The van der Waals surface area contributed by atoms with Crippen LogP contribution in [-0.2, 0) is 19.8 Å². The summed E-state index contributed by atoms with van der Waals surface area (Å²) in [6, 6.07) is 5.42. The third-order valence-corrected chi connectivity index (χ3v) is 6.78. The molecule has 3 atom stereocenters. The van der Waals surface area contributed by atoms with Crippen molar-refractivity contribution >= 4 is 16.7 Å². The van der Waals surface area contributed by atoms with Gasteiger partial charge >= 0.3 is 6.18 Å². The number of aryl methyl sites for hydroxylation is 1. The molecule has 35 heavy (non-hydrogen) atoms. The van der Waals surface area contributed by atoms with Gasteiger partial charge in [-0.1, -0.05) is 6.07 Å². The number of nitriles is 1. The molecule has 3 aromatic rings. The summed E-state index contributed by atoms with van der Waals surface area (Å²) in [7, 11) is 1.64. The number of nitrogens with zero attached hydrogens (tertiary/aromatic N) is 6. The summed E-state index contributed by atoms with van der Waals surface area (Å²) in [5, 5.41) is 13.5. The summed E-state index contributed by atoms with van der Waals surface area (Å²) >= 11 is 0. The Morgan fingerprint density at radius 3 is 2.57 bits per heavy atom. The monoisotopic (exact) mass is 490 g/mol. The van der Waals surface area contributed by atoms with E-state index in [4.69, 9.17) is 5.26 Å². The first-order valence-corrected chi connectivity index (χ1v) is 11.3. The molecule has 0 amide bonds. The molecule has 2 aromatic heterocycles. The van der Waals surface area contributed by atoms with Gasteiger partial charge in [0.25, 0.3) is 5.56 Å². The van der Waals surface area contributed by atoms with E-state index >= 15 is 0 Å². The maximum Gasteiger partial charge on any atom is 0.416 e. The number of benzene rings is 1. The van der Waals surface area contributed by atoms with Gasteiger partial charge in [0.1, 0.15) is 17.9 Å². The summed E-state index contributed by atoms with van der Waals surface area (Å²) in [6.45, 7) is 6.46. The lowest BCUT2D eigenvalue weighted by Gasteiger charge is -2.48. The van der Waals surface area contributed by atoms with Crippen LogP contribution in [-0.4, -0.2) is 44.4 Å². The van der Waals surface area contributed by atoms with Crippen molar-refractivity contribution in [2.75, 3.05) is 18.0 Å². The number of rotatable bonds is 4. The molecule has 0 spiro atoms. The van der Waals surface area contributed by atoms with Gasteiger partial charge < -0.3 is 9.47 Å². The zero-order valence-electron chi connectivity index (χ0n) is 19.8. The number of fused-ring (bicyclic) bond motifs is 1. The van der Waals surface area contributed by atoms with Gasteiger partial charge in [0.2, 0.25) is 0 Å². The Morgan fingerprint density at radius 1 is 1.20 bits per heavy atom. The fourth-order valence-corrected chi connectivity index (χ4v) is 4.96. The van der Waals surface area contributed by atoms with Crippen LogP contribution in [0.4, 0.5) is 23.2 Å². The molecule has 1 fully saturated rings. The van der Waals surface area contributed by atoms with E-state index in [0.29, 0.717) is 35.9 Å². The van der Waals surface area contributed by atoms with Crippen molar-refractivity contribution in [2.45, 2.75) is 51.6 Å². The van der Waals surface area contributed by atoms with Crippen LogP contribution in [0.25, 0.3) is 11.0 Å². The lowest BCUT2D eigenvalue weighted by atomic mass is 9.96. The Morgan fingerprint density at radius 2 is 1.91 bits per heavy atom. The van der Waals surface area contributed by atoms with Crippen LogP contribution in [0.3, 0.4) is 0 Å². The minimum atomic E-state index is -4.67. The summed E-state index contributed by atoms with van der Waals surface area (Å²) in [5.41, 5.74) is 0.645. The highest BCUT2D eigenvalue weighted by Gasteiger charge is 2.39. The zero-order chi connectivity index (χ0) is 25.7. The number of halogens is 4. The van der Waals surface area contributed by atoms with Crippen LogP contribution in [0.2, 0.25) is 0 Å². The van der Waals surface area contributed by atoms with Crippen LogP contribution < -0.4 is 10.5 Å². The first-order valence-electron chi connectivity index (χ1n) is 11.3. The van der Waals surface area contributed by atoms with E-state index in [1.165, 1.54) is 21.4 Å². The second kappa shape index (κ2) is 9.00. The Balaban J connectivity index is 1.68. The van der Waals surface area contributed by atoms with Crippen molar-refractivity contribution < 1.29 is 17.6 Å². The molecule has 3 heterocycles. The van der Waals surface area contributed by atoms with Gasteiger partial charge in [-0.15, -0.1) is 0 Å². The molecule has 1 aliphatic rings. The van der Waals surface area contributed by atoms with Gasteiger partial charge in [-0.05, 0) is 38.5 Å². The molecule has 1 aliphatic heterocycles. The van der Waals surface area contributed by atoms with E-state index in [1.54, 1.807) is 20.2 Å². The largest absolute Gasteiger partial charge is 0.416 e. The van der Waals surface area contributed by atoms with E-state index in [1.807, 2.05) is 29.7 Å². The molecule has 186 valence electrons. The summed E-state index contributed by atoms with van der Waals surface area (Å²) in [4.78, 5) is 16.7. The molecule has 0 saturated carbocycles. The van der Waals surface area contributed by atoms with Gasteiger partial charge in [-0.3, -0.25) is 14.4 Å². The fraction of sp³-hybridized carbons (Fsp3) is 0.458. The summed E-state index contributed by atoms with van der Waals surface area (Å²) < 4.78 is 57.5. The van der Waals surface area contributed by atoms with Crippen molar-refractivity contribution in [1.82, 2.24) is 19.2 Å². The lowest BCUT2D eigenvalue weighted by molar-refractivity contribution is -0.139. The standard InChI is InChI=1S/C24H26F4N6O/c1-14-12-34(20-10-22(35)31(4)21-13-32(8-7-29)30-23(20)21)15(2)11-33(14)16(3)18-6-5-17(25)9-19(18)24(26,27)28/h5-6,9-10,13-16H,8,11-12H2,1-4H3/t14-,15+,16?/m1/s1. The van der Waals surface area contributed by atoms with E-state index in [2.05, 4.69) is 5.10 Å². The maximum absolute atomic E-state index is 13.6. The van der Waals surface area contributed by atoms with E-state index in [9.17, 15) is 22.4 Å². The van der Waals surface area contributed by atoms with Crippen LogP contribution in [0.1, 0.15) is 37.9 Å². The maximum atomic E-state index is 13.6. The second-order valence-corrected chi connectivity index (χ2v) is 9.10. The smallest absolute Gasteiger partial charge is 0.364 e. The normalized spacial score (nSPS) is 20.3. The Labute approximate surface area is 199 Å². The van der Waals surface area contributed by atoms with Gasteiger partial charge in [-0.25, -0.2) is 4.39 Å². The number of piperazine rings is 1. The number of anilines is 1. The third kappa shape index (κ3) is 4.50. The van der Waals surface area contributed by atoms with E-state index in [0.717, 1.165) is 6.07 Å². The molecule has 0 N–H and O–H groups in total. The van der Waals surface area contributed by atoms with Crippen molar-refractivity contribution in [2.24, 2.45) is 7.05 Å². The molecule has 0 radical (unpaired) electrons. The van der Waals surface area contributed by atoms with Crippen LogP contribution in [0, 0.1) is 17.1 Å². The Kier molecular flexibility index (Phi) is 6.36. The van der Waals surface area contributed by atoms with Crippen LogP contribution >= 0.6 is 0 Å². The van der Waals surface area contributed by atoms with Crippen molar-refractivity contribution in [3.05, 3.63) is 57.8 Å². The van der Waals surface area contributed by atoms with Crippen molar-refractivity contribution in [1.29, 1.82) is 5.26 Å². The van der Waals surface area contributed by atoms with Gasteiger partial charge in [-0.2, -0.15) is 23.5 Å². The Bertz CT molecular complexity index is 1360. The third-order valence-electron chi connectivity index (χ3n) is 6.78. The van der Waals surface area contributed by atoms with E-state index in [-0.39, 0.29) is 29.8 Å². The average Bonchev–Trinajstić information content (AvgIpc) is 3.21. The predicted molar refractivity (Wildman–Crippen MR) is 123 cm³/mol. The lowest BCUT2D eigenvalue weighted by Crippen LogP contribution is -2.57. The number of alkyl halides is 3. The topological polar surface area (TPSA) is 70.1 Å². The molecule has 7 nitrogen and oxygen atoms in total. The number of aromatic nitrogens is 3. The van der Waals surface area contributed by atoms with Crippen LogP contribution in [0.15, 0.2) is 35.3 Å². The average molecular weight is 491 g/mol. The summed E-state index contributed by atoms with van der Waals surface area (Å²) in [6.07, 6.45) is -3.01. The number of hydrogen-bond acceptors (Lipinski definition) is 5. The first kappa shape index (κ1) is 24.7. The van der Waals surface area contributed by atoms with Gasteiger partial charge in [0, 0.05) is 44.3 Å². The molecule has 1 aromatic carbocycles. The van der Waals surface area contributed by atoms with Crippen molar-refractivity contribution in [3.8, 4) is 6.07 Å². The molecular formula is C24H26F4N6O. The molecule has 11 heteroatoms. The predicted octanol–water partition coefficient (Wildman–Crippen LogP) is 4.08. The van der Waals surface area contributed by atoms with Gasteiger partial charge in [0.15, 0.2) is 0 Å². The number of pyridine rings is 1. The van der Waals surface area contributed by atoms with Crippen molar-refractivity contribution in [3.63, 3.8) is 0 Å². The number of hydrogen-bond donors (Lipinski definition) is 0. The molecule has 1 unspecified atom stereocenters.